The lowest BCUT2D eigenvalue weighted by molar-refractivity contribution is 0.0371. The van der Waals surface area contributed by atoms with Crippen LogP contribution in [0.2, 0.25) is 0 Å². The molecule has 3 atom stereocenters. The Kier molecular flexibility index (Phi) is 8.88. The van der Waals surface area contributed by atoms with Crippen molar-refractivity contribution in [2.75, 3.05) is 44.2 Å². The summed E-state index contributed by atoms with van der Waals surface area (Å²) in [6.45, 7) is 7.85. The molecule has 12 heteroatoms. The van der Waals surface area contributed by atoms with E-state index < -0.39 is 18.2 Å². The lowest BCUT2D eigenvalue weighted by Gasteiger charge is -2.38. The fourth-order valence-corrected chi connectivity index (χ4v) is 4.49. The quantitative estimate of drug-likeness (QED) is 0.411. The maximum absolute atomic E-state index is 13.6. The smallest absolute Gasteiger partial charge is 0.321 e. The minimum absolute atomic E-state index is 0.0586. The summed E-state index contributed by atoms with van der Waals surface area (Å²) in [4.78, 5) is 42.0. The third-order valence-electron chi connectivity index (χ3n) is 6.77. The van der Waals surface area contributed by atoms with Gasteiger partial charge in [-0.05, 0) is 51.1 Å². The fourth-order valence-electron chi connectivity index (χ4n) is 4.49. The number of rotatable bonds is 7. The molecule has 5 amide bonds. The molecular weight excluding hydrogens is 518 g/mol. The molecule has 2 aliphatic heterocycles. The SMILES string of the molecule is CC(C)NC(=O)Nc1ccc2c(c1)C(=O)N([C@@H](C)CO)C[C@@H](C)[C@H](CN(C)C(=O)Nc1ccc3c(c1)OCO3)O2. The summed E-state index contributed by atoms with van der Waals surface area (Å²) < 4.78 is 17.0. The topological polar surface area (TPSA) is 142 Å². The number of aliphatic hydroxyl groups excluding tert-OH is 1. The third-order valence-corrected chi connectivity index (χ3v) is 6.77. The van der Waals surface area contributed by atoms with Gasteiger partial charge in [0.15, 0.2) is 11.5 Å². The van der Waals surface area contributed by atoms with Gasteiger partial charge in [-0.25, -0.2) is 9.59 Å². The molecule has 0 aromatic heterocycles. The molecule has 40 heavy (non-hydrogen) atoms. The number of fused-ring (bicyclic) bond motifs is 2. The predicted octanol–water partition coefficient (Wildman–Crippen LogP) is 3.33. The normalized spacial score (nSPS) is 18.7. The molecule has 0 fully saturated rings. The Balaban J connectivity index is 1.54. The molecule has 2 aliphatic rings. The molecule has 2 aromatic carbocycles. The summed E-state index contributed by atoms with van der Waals surface area (Å²) in [7, 11) is 1.66. The third kappa shape index (κ3) is 6.68. The standard InChI is InChI=1S/C28H37N5O7/c1-16(2)29-27(36)30-19-6-8-22-21(10-19)26(35)33(18(4)14-34)12-17(3)25(40-22)13-32(5)28(37)31-20-7-9-23-24(11-20)39-15-38-23/h6-11,16-18,25,34H,12-15H2,1-5H3,(H,31,37)(H2,29,30,36)/t17-,18+,25+/m1/s1. The minimum Gasteiger partial charge on any atom is -0.487 e. The van der Waals surface area contributed by atoms with Gasteiger partial charge in [0.2, 0.25) is 6.79 Å². The first-order valence-corrected chi connectivity index (χ1v) is 13.3. The van der Waals surface area contributed by atoms with Crippen molar-refractivity contribution >= 4 is 29.3 Å². The highest BCUT2D eigenvalue weighted by atomic mass is 16.7. The largest absolute Gasteiger partial charge is 0.487 e. The van der Waals surface area contributed by atoms with E-state index >= 15 is 0 Å². The van der Waals surface area contributed by atoms with Gasteiger partial charge in [0.1, 0.15) is 11.9 Å². The van der Waals surface area contributed by atoms with Gasteiger partial charge in [-0.3, -0.25) is 4.79 Å². The lowest BCUT2D eigenvalue weighted by atomic mass is 9.99. The molecule has 12 nitrogen and oxygen atoms in total. The number of aliphatic hydroxyl groups is 1. The highest BCUT2D eigenvalue weighted by molar-refractivity contribution is 5.99. The Hall–Kier alpha value is -4.19. The van der Waals surface area contributed by atoms with E-state index in [1.807, 2.05) is 20.8 Å². The molecule has 2 aromatic rings. The van der Waals surface area contributed by atoms with Gasteiger partial charge in [-0.2, -0.15) is 0 Å². The molecule has 4 N–H and O–H groups in total. The van der Waals surface area contributed by atoms with E-state index in [1.165, 1.54) is 4.90 Å². The van der Waals surface area contributed by atoms with Crippen molar-refractivity contribution in [3.05, 3.63) is 42.0 Å². The minimum atomic E-state index is -0.476. The molecule has 0 bridgehead atoms. The van der Waals surface area contributed by atoms with Crippen LogP contribution in [0.4, 0.5) is 21.0 Å². The molecule has 0 saturated heterocycles. The van der Waals surface area contributed by atoms with E-state index in [2.05, 4.69) is 16.0 Å². The second-order valence-electron chi connectivity index (χ2n) is 10.5. The van der Waals surface area contributed by atoms with Crippen LogP contribution in [0, 0.1) is 5.92 Å². The number of hydrogen-bond acceptors (Lipinski definition) is 7. The van der Waals surface area contributed by atoms with E-state index in [0.717, 1.165) is 0 Å². The Bertz CT molecular complexity index is 1250. The van der Waals surface area contributed by atoms with Crippen molar-refractivity contribution in [3.8, 4) is 17.2 Å². The number of anilines is 2. The predicted molar refractivity (Wildman–Crippen MR) is 149 cm³/mol. The number of benzene rings is 2. The second kappa shape index (κ2) is 12.3. The Morgan fingerprint density at radius 1 is 1.05 bits per heavy atom. The van der Waals surface area contributed by atoms with E-state index in [-0.39, 0.29) is 49.4 Å². The molecule has 2 heterocycles. The maximum atomic E-state index is 13.6. The number of ether oxygens (including phenoxy) is 3. The maximum Gasteiger partial charge on any atom is 0.321 e. The van der Waals surface area contributed by atoms with Crippen molar-refractivity contribution < 1.29 is 33.7 Å². The Labute approximate surface area is 233 Å². The highest BCUT2D eigenvalue weighted by Gasteiger charge is 2.34. The molecule has 0 spiro atoms. The van der Waals surface area contributed by atoms with E-state index in [1.54, 1.807) is 55.3 Å². The monoisotopic (exact) mass is 555 g/mol. The first-order valence-electron chi connectivity index (χ1n) is 13.3. The van der Waals surface area contributed by atoms with Gasteiger partial charge in [-0.15, -0.1) is 0 Å². The van der Waals surface area contributed by atoms with Crippen molar-refractivity contribution in [3.63, 3.8) is 0 Å². The van der Waals surface area contributed by atoms with Crippen LogP contribution in [-0.4, -0.2) is 84.6 Å². The molecular formula is C28H37N5O7. The van der Waals surface area contributed by atoms with Crippen LogP contribution in [0.5, 0.6) is 17.2 Å². The fraction of sp³-hybridized carbons (Fsp3) is 0.464. The summed E-state index contributed by atoms with van der Waals surface area (Å²) in [5.41, 5.74) is 1.25. The number of carbonyl (C=O) groups excluding carboxylic acids is 3. The Morgan fingerprint density at radius 3 is 2.42 bits per heavy atom. The number of carbonyl (C=O) groups is 3. The lowest BCUT2D eigenvalue weighted by Crippen LogP contribution is -2.50. The van der Waals surface area contributed by atoms with Crippen LogP contribution >= 0.6 is 0 Å². The molecule has 0 aliphatic carbocycles. The zero-order valence-corrected chi connectivity index (χ0v) is 23.4. The second-order valence-corrected chi connectivity index (χ2v) is 10.5. The number of likely N-dealkylation sites (N-methyl/N-ethyl adjacent to an activating group) is 1. The van der Waals surface area contributed by atoms with Crippen LogP contribution in [-0.2, 0) is 0 Å². The van der Waals surface area contributed by atoms with Crippen LogP contribution in [0.1, 0.15) is 38.1 Å². The average molecular weight is 556 g/mol. The van der Waals surface area contributed by atoms with Crippen molar-refractivity contribution in [2.45, 2.75) is 45.9 Å². The summed E-state index contributed by atoms with van der Waals surface area (Å²) in [5, 5.41) is 18.2. The number of nitrogens with one attached hydrogen (secondary N) is 3. The van der Waals surface area contributed by atoms with Gasteiger partial charge >= 0.3 is 12.1 Å². The van der Waals surface area contributed by atoms with Gasteiger partial charge in [-0.1, -0.05) is 6.92 Å². The summed E-state index contributed by atoms with van der Waals surface area (Å²) in [6.07, 6.45) is -0.476. The number of urea groups is 2. The van der Waals surface area contributed by atoms with E-state index in [0.29, 0.717) is 35.2 Å². The van der Waals surface area contributed by atoms with Crippen molar-refractivity contribution in [1.82, 2.24) is 15.1 Å². The Morgan fingerprint density at radius 2 is 1.73 bits per heavy atom. The summed E-state index contributed by atoms with van der Waals surface area (Å²) in [6, 6.07) is 8.79. The molecule has 0 radical (unpaired) electrons. The van der Waals surface area contributed by atoms with Gasteiger partial charge in [0.05, 0.1) is 24.8 Å². The van der Waals surface area contributed by atoms with Gasteiger partial charge < -0.3 is 45.1 Å². The van der Waals surface area contributed by atoms with Crippen molar-refractivity contribution in [1.29, 1.82) is 0 Å². The van der Waals surface area contributed by atoms with E-state index in [9.17, 15) is 19.5 Å². The molecule has 4 rings (SSSR count). The van der Waals surface area contributed by atoms with Gasteiger partial charge in [0.25, 0.3) is 5.91 Å². The van der Waals surface area contributed by atoms with E-state index in [4.69, 9.17) is 14.2 Å². The summed E-state index contributed by atoms with van der Waals surface area (Å²) in [5.74, 6) is 1.02. The van der Waals surface area contributed by atoms with Crippen molar-refractivity contribution in [2.24, 2.45) is 5.92 Å². The highest BCUT2D eigenvalue weighted by Crippen LogP contribution is 2.34. The van der Waals surface area contributed by atoms with Crippen LogP contribution in [0.3, 0.4) is 0 Å². The molecule has 216 valence electrons. The zero-order valence-electron chi connectivity index (χ0n) is 23.4. The number of nitrogens with zero attached hydrogens (tertiary/aromatic N) is 2. The summed E-state index contributed by atoms with van der Waals surface area (Å²) >= 11 is 0. The van der Waals surface area contributed by atoms with Crippen LogP contribution in [0.25, 0.3) is 0 Å². The number of amides is 5. The first-order chi connectivity index (χ1) is 19.0. The molecule has 0 saturated carbocycles. The first kappa shape index (κ1) is 28.8. The van der Waals surface area contributed by atoms with Crippen LogP contribution < -0.4 is 30.2 Å². The molecule has 0 unspecified atom stereocenters. The van der Waals surface area contributed by atoms with Crippen LogP contribution in [0.15, 0.2) is 36.4 Å². The zero-order chi connectivity index (χ0) is 29.0. The number of hydrogen-bond donors (Lipinski definition) is 4. The van der Waals surface area contributed by atoms with Gasteiger partial charge in [0, 0.05) is 43.0 Å². The average Bonchev–Trinajstić information content (AvgIpc) is 3.38.